The standard InChI is InChI=1S/C32H54N2O5/c1-10-12-15-34-30(36)22(5)16-28(35)27(33)19-25(21(3)4)17-24-13-14-26(32(7,8)9)29(18-24)39-20-23(6)31(37)38-11-2/h13-14,18,21-22,25,27-28,35H,6,10-12,15-17,19-20,33H2,1-5,7-9H3,(H,34,36)/t22?,25-,27-,28-/m0/s1. The Morgan fingerprint density at radius 3 is 2.36 bits per heavy atom. The summed E-state index contributed by atoms with van der Waals surface area (Å²) in [6, 6.07) is 5.82. The minimum atomic E-state index is -0.755. The van der Waals surface area contributed by atoms with Crippen molar-refractivity contribution >= 4 is 11.9 Å². The molecule has 7 heteroatoms. The van der Waals surface area contributed by atoms with Gasteiger partial charge in [0.2, 0.25) is 5.91 Å². The van der Waals surface area contributed by atoms with Gasteiger partial charge in [0, 0.05) is 18.5 Å². The summed E-state index contributed by atoms with van der Waals surface area (Å²) in [7, 11) is 0. The Labute approximate surface area is 236 Å². The topological polar surface area (TPSA) is 111 Å². The van der Waals surface area contributed by atoms with Crippen LogP contribution >= 0.6 is 0 Å². The summed E-state index contributed by atoms with van der Waals surface area (Å²) in [5, 5.41) is 13.7. The van der Waals surface area contributed by atoms with Gasteiger partial charge in [0.15, 0.2) is 0 Å². The van der Waals surface area contributed by atoms with E-state index in [1.54, 1.807) is 6.92 Å². The van der Waals surface area contributed by atoms with Gasteiger partial charge in [0.05, 0.1) is 18.3 Å². The van der Waals surface area contributed by atoms with Crippen LogP contribution in [0.2, 0.25) is 0 Å². The number of rotatable bonds is 17. The molecule has 7 nitrogen and oxygen atoms in total. The zero-order chi connectivity index (χ0) is 29.8. The van der Waals surface area contributed by atoms with Crippen molar-refractivity contribution < 1.29 is 24.2 Å². The molecule has 0 fully saturated rings. The van der Waals surface area contributed by atoms with Gasteiger partial charge >= 0.3 is 5.97 Å². The number of amides is 1. The lowest BCUT2D eigenvalue weighted by Gasteiger charge is -2.29. The van der Waals surface area contributed by atoms with Crippen molar-refractivity contribution in [1.29, 1.82) is 0 Å². The van der Waals surface area contributed by atoms with Crippen molar-refractivity contribution in [3.8, 4) is 5.75 Å². The Kier molecular flexibility index (Phi) is 14.8. The number of ether oxygens (including phenoxy) is 2. The van der Waals surface area contributed by atoms with Crippen LogP contribution in [0.1, 0.15) is 92.2 Å². The molecule has 0 heterocycles. The number of benzene rings is 1. The molecule has 0 aliphatic carbocycles. The Morgan fingerprint density at radius 2 is 1.79 bits per heavy atom. The molecule has 0 aliphatic heterocycles. The molecular formula is C32H54N2O5. The highest BCUT2D eigenvalue weighted by molar-refractivity contribution is 5.88. The van der Waals surface area contributed by atoms with Crippen LogP contribution in [0, 0.1) is 17.8 Å². The maximum absolute atomic E-state index is 12.3. The summed E-state index contributed by atoms with van der Waals surface area (Å²) < 4.78 is 11.1. The number of carbonyl (C=O) groups excluding carboxylic acids is 2. The third-order valence-corrected chi connectivity index (χ3v) is 7.20. The van der Waals surface area contributed by atoms with E-state index in [-0.39, 0.29) is 35.3 Å². The second-order valence-corrected chi connectivity index (χ2v) is 12.1. The molecule has 1 aromatic rings. The van der Waals surface area contributed by atoms with Crippen LogP contribution in [-0.4, -0.2) is 48.9 Å². The monoisotopic (exact) mass is 546 g/mol. The van der Waals surface area contributed by atoms with E-state index in [0.29, 0.717) is 31.9 Å². The van der Waals surface area contributed by atoms with E-state index in [9.17, 15) is 14.7 Å². The summed E-state index contributed by atoms with van der Waals surface area (Å²) >= 11 is 0. The minimum Gasteiger partial charge on any atom is -0.488 e. The number of unbranched alkanes of at least 4 members (excludes halogenated alkanes) is 1. The lowest BCUT2D eigenvalue weighted by molar-refractivity contribution is -0.138. The molecule has 222 valence electrons. The second kappa shape index (κ2) is 16.7. The van der Waals surface area contributed by atoms with Gasteiger partial charge in [-0.1, -0.05) is 73.6 Å². The van der Waals surface area contributed by atoms with Crippen molar-refractivity contribution in [3.63, 3.8) is 0 Å². The number of hydrogen-bond acceptors (Lipinski definition) is 6. The summed E-state index contributed by atoms with van der Waals surface area (Å²) in [5.74, 6) is 0.507. The fraction of sp³-hybridized carbons (Fsp3) is 0.688. The average Bonchev–Trinajstić information content (AvgIpc) is 2.86. The predicted octanol–water partition coefficient (Wildman–Crippen LogP) is 5.32. The first-order valence-corrected chi connectivity index (χ1v) is 14.5. The van der Waals surface area contributed by atoms with Gasteiger partial charge in [-0.3, -0.25) is 4.79 Å². The third-order valence-electron chi connectivity index (χ3n) is 7.20. The number of aliphatic hydroxyl groups excluding tert-OH is 1. The molecule has 0 saturated heterocycles. The molecule has 4 N–H and O–H groups in total. The molecule has 0 radical (unpaired) electrons. The summed E-state index contributed by atoms with van der Waals surface area (Å²) in [5.41, 5.74) is 8.73. The molecule has 1 rings (SSSR count). The van der Waals surface area contributed by atoms with E-state index < -0.39 is 18.1 Å². The minimum absolute atomic E-state index is 0.0350. The van der Waals surface area contributed by atoms with E-state index in [1.807, 2.05) is 13.0 Å². The van der Waals surface area contributed by atoms with Gasteiger partial charge in [-0.15, -0.1) is 0 Å². The number of hydrogen-bond donors (Lipinski definition) is 3. The molecule has 0 aromatic heterocycles. The number of nitrogens with two attached hydrogens (primary N) is 1. The van der Waals surface area contributed by atoms with Gasteiger partial charge in [0.25, 0.3) is 0 Å². The Morgan fingerprint density at radius 1 is 1.13 bits per heavy atom. The Balaban J connectivity index is 2.95. The van der Waals surface area contributed by atoms with E-state index in [1.165, 1.54) is 0 Å². The lowest BCUT2D eigenvalue weighted by Crippen LogP contribution is -2.41. The SMILES string of the molecule is C=C(COc1cc(C[C@@H](C[C@H](N)[C@@H](O)CC(C)C(=O)NCCCC)C(C)C)ccc1C(C)(C)C)C(=O)OCC. The van der Waals surface area contributed by atoms with Crippen LogP contribution in [0.4, 0.5) is 0 Å². The maximum atomic E-state index is 12.3. The number of esters is 1. The van der Waals surface area contributed by atoms with Crippen molar-refractivity contribution in [2.75, 3.05) is 19.8 Å². The molecule has 0 spiro atoms. The van der Waals surface area contributed by atoms with Crippen molar-refractivity contribution in [3.05, 3.63) is 41.5 Å². The highest BCUT2D eigenvalue weighted by atomic mass is 16.5. The molecule has 1 unspecified atom stereocenters. The quantitative estimate of drug-likeness (QED) is 0.139. The summed E-state index contributed by atoms with van der Waals surface area (Å²) in [6.07, 6.45) is 2.96. The van der Waals surface area contributed by atoms with Crippen LogP contribution in [0.5, 0.6) is 5.75 Å². The van der Waals surface area contributed by atoms with Crippen LogP contribution < -0.4 is 15.8 Å². The number of nitrogens with one attached hydrogen (secondary N) is 1. The van der Waals surface area contributed by atoms with E-state index >= 15 is 0 Å². The summed E-state index contributed by atoms with van der Waals surface area (Å²) in [4.78, 5) is 24.3. The lowest BCUT2D eigenvalue weighted by atomic mass is 9.81. The largest absolute Gasteiger partial charge is 0.488 e. The predicted molar refractivity (Wildman–Crippen MR) is 159 cm³/mol. The molecule has 0 bridgehead atoms. The first-order valence-electron chi connectivity index (χ1n) is 14.5. The molecule has 1 amide bonds. The van der Waals surface area contributed by atoms with Crippen molar-refractivity contribution in [2.45, 2.75) is 105 Å². The van der Waals surface area contributed by atoms with Crippen LogP contribution in [0.3, 0.4) is 0 Å². The first kappa shape index (κ1) is 34.6. The normalized spacial score (nSPS) is 14.8. The third kappa shape index (κ3) is 12.1. The zero-order valence-electron chi connectivity index (χ0n) is 25.6. The van der Waals surface area contributed by atoms with E-state index in [2.05, 4.69) is 65.6 Å². The highest BCUT2D eigenvalue weighted by Crippen LogP contribution is 2.34. The number of carbonyl (C=O) groups is 2. The van der Waals surface area contributed by atoms with Gasteiger partial charge in [-0.25, -0.2) is 4.79 Å². The van der Waals surface area contributed by atoms with Crippen molar-refractivity contribution in [1.82, 2.24) is 5.32 Å². The molecule has 4 atom stereocenters. The van der Waals surface area contributed by atoms with Gasteiger partial charge in [-0.05, 0) is 67.1 Å². The van der Waals surface area contributed by atoms with Crippen LogP contribution in [-0.2, 0) is 26.2 Å². The zero-order valence-corrected chi connectivity index (χ0v) is 25.6. The average molecular weight is 547 g/mol. The molecular weight excluding hydrogens is 492 g/mol. The van der Waals surface area contributed by atoms with Gasteiger partial charge < -0.3 is 25.6 Å². The van der Waals surface area contributed by atoms with Crippen molar-refractivity contribution in [2.24, 2.45) is 23.5 Å². The smallest absolute Gasteiger partial charge is 0.336 e. The number of aliphatic hydroxyl groups is 1. The Hall–Kier alpha value is -2.38. The molecule has 1 aromatic carbocycles. The van der Waals surface area contributed by atoms with Gasteiger partial charge in [-0.2, -0.15) is 0 Å². The molecule has 0 saturated carbocycles. The molecule has 39 heavy (non-hydrogen) atoms. The fourth-order valence-electron chi connectivity index (χ4n) is 4.50. The molecule has 0 aliphatic rings. The van der Waals surface area contributed by atoms with E-state index in [0.717, 1.165) is 36.1 Å². The second-order valence-electron chi connectivity index (χ2n) is 12.1. The van der Waals surface area contributed by atoms with Crippen LogP contribution in [0.15, 0.2) is 30.4 Å². The maximum Gasteiger partial charge on any atom is 0.336 e. The summed E-state index contributed by atoms with van der Waals surface area (Å²) in [6.45, 7) is 21.2. The van der Waals surface area contributed by atoms with Crippen LogP contribution in [0.25, 0.3) is 0 Å². The van der Waals surface area contributed by atoms with Gasteiger partial charge in [0.1, 0.15) is 12.4 Å². The highest BCUT2D eigenvalue weighted by Gasteiger charge is 2.27. The Bertz CT molecular complexity index is 922. The fourth-order valence-corrected chi connectivity index (χ4v) is 4.50. The van der Waals surface area contributed by atoms with E-state index in [4.69, 9.17) is 15.2 Å². The first-order chi connectivity index (χ1) is 18.2.